The van der Waals surface area contributed by atoms with E-state index < -0.39 is 6.10 Å². The van der Waals surface area contributed by atoms with Crippen molar-refractivity contribution in [2.24, 2.45) is 0 Å². The van der Waals surface area contributed by atoms with Crippen molar-refractivity contribution in [3.8, 4) is 11.5 Å². The molecule has 0 saturated heterocycles. The van der Waals surface area contributed by atoms with Crippen molar-refractivity contribution < 1.29 is 14.6 Å². The Morgan fingerprint density at radius 3 is 2.80 bits per heavy atom. The van der Waals surface area contributed by atoms with Crippen molar-refractivity contribution in [2.75, 3.05) is 13.7 Å². The van der Waals surface area contributed by atoms with Gasteiger partial charge in [0.1, 0.15) is 24.2 Å². The van der Waals surface area contributed by atoms with E-state index in [-0.39, 0.29) is 6.61 Å². The summed E-state index contributed by atoms with van der Waals surface area (Å²) in [5, 5.41) is 10.6. The zero-order chi connectivity index (χ0) is 14.5. The second kappa shape index (κ2) is 6.97. The summed E-state index contributed by atoms with van der Waals surface area (Å²) in [6, 6.07) is 12.6. The highest BCUT2D eigenvalue weighted by molar-refractivity contribution is 9.10. The van der Waals surface area contributed by atoms with Crippen LogP contribution in [0, 0.1) is 0 Å². The van der Waals surface area contributed by atoms with Crippen molar-refractivity contribution in [3.63, 3.8) is 0 Å². The van der Waals surface area contributed by atoms with Crippen LogP contribution in [0.25, 0.3) is 0 Å². The van der Waals surface area contributed by atoms with Gasteiger partial charge in [-0.2, -0.15) is 0 Å². The molecule has 0 saturated carbocycles. The zero-order valence-corrected chi connectivity index (χ0v) is 13.2. The number of aliphatic hydroxyl groups is 1. The highest BCUT2D eigenvalue weighted by atomic mass is 79.9. The topological polar surface area (TPSA) is 38.7 Å². The first kappa shape index (κ1) is 15.2. The number of benzene rings is 2. The van der Waals surface area contributed by atoms with Gasteiger partial charge in [-0.05, 0) is 35.9 Å². The van der Waals surface area contributed by atoms with Crippen LogP contribution >= 0.6 is 27.5 Å². The van der Waals surface area contributed by atoms with Crippen LogP contribution in [0.1, 0.15) is 11.7 Å². The van der Waals surface area contributed by atoms with E-state index in [9.17, 15) is 5.11 Å². The van der Waals surface area contributed by atoms with Crippen LogP contribution in [0.2, 0.25) is 5.02 Å². The van der Waals surface area contributed by atoms with Crippen LogP contribution < -0.4 is 9.47 Å². The van der Waals surface area contributed by atoms with Gasteiger partial charge in [-0.25, -0.2) is 0 Å². The van der Waals surface area contributed by atoms with E-state index in [1.165, 1.54) is 0 Å². The molecule has 0 aliphatic carbocycles. The molecule has 1 unspecified atom stereocenters. The average molecular weight is 358 g/mol. The molecule has 0 bridgehead atoms. The molecule has 1 atom stereocenters. The Bertz CT molecular complexity index is 589. The first-order chi connectivity index (χ1) is 9.60. The molecule has 3 nitrogen and oxygen atoms in total. The van der Waals surface area contributed by atoms with Gasteiger partial charge in [-0.1, -0.05) is 39.7 Å². The Balaban J connectivity index is 2.04. The minimum atomic E-state index is -0.750. The lowest BCUT2D eigenvalue weighted by molar-refractivity contribution is 0.108. The highest BCUT2D eigenvalue weighted by Crippen LogP contribution is 2.29. The van der Waals surface area contributed by atoms with E-state index in [2.05, 4.69) is 15.9 Å². The predicted molar refractivity (Wildman–Crippen MR) is 82.6 cm³/mol. The Morgan fingerprint density at radius 1 is 1.25 bits per heavy atom. The van der Waals surface area contributed by atoms with Crippen LogP contribution in [0.15, 0.2) is 46.9 Å². The number of methoxy groups -OCH3 is 1. The van der Waals surface area contributed by atoms with Gasteiger partial charge in [0.25, 0.3) is 0 Å². The van der Waals surface area contributed by atoms with Crippen LogP contribution in [0.4, 0.5) is 0 Å². The lowest BCUT2D eigenvalue weighted by atomic mass is 10.1. The molecule has 0 radical (unpaired) electrons. The van der Waals surface area contributed by atoms with Gasteiger partial charge >= 0.3 is 0 Å². The number of halogens is 2. The van der Waals surface area contributed by atoms with Crippen molar-refractivity contribution >= 4 is 27.5 Å². The Morgan fingerprint density at radius 2 is 2.05 bits per heavy atom. The molecular weight excluding hydrogens is 344 g/mol. The minimum Gasteiger partial charge on any atom is -0.497 e. The Labute approximate surface area is 131 Å². The van der Waals surface area contributed by atoms with E-state index >= 15 is 0 Å². The molecule has 0 aliphatic heterocycles. The standard InChI is InChI=1S/C15H14BrClO3/c1-19-12-4-2-3-10(7-12)14(18)9-20-15-8-11(16)5-6-13(15)17/h2-8,14,18H,9H2,1H3. The third kappa shape index (κ3) is 3.88. The summed E-state index contributed by atoms with van der Waals surface area (Å²) in [6.07, 6.45) is -0.750. The van der Waals surface area contributed by atoms with Crippen molar-refractivity contribution in [3.05, 3.63) is 57.5 Å². The van der Waals surface area contributed by atoms with E-state index in [0.717, 1.165) is 10.0 Å². The normalized spacial score (nSPS) is 12.0. The third-order valence-corrected chi connectivity index (χ3v) is 3.57. The largest absolute Gasteiger partial charge is 0.497 e. The number of ether oxygens (including phenoxy) is 2. The molecule has 0 heterocycles. The second-order valence-corrected chi connectivity index (χ2v) is 5.50. The zero-order valence-electron chi connectivity index (χ0n) is 10.8. The summed E-state index contributed by atoms with van der Waals surface area (Å²) in [7, 11) is 1.59. The van der Waals surface area contributed by atoms with Crippen molar-refractivity contribution in [1.82, 2.24) is 0 Å². The molecule has 2 aromatic rings. The average Bonchev–Trinajstić information content (AvgIpc) is 2.48. The van der Waals surface area contributed by atoms with E-state index in [1.54, 1.807) is 25.3 Å². The smallest absolute Gasteiger partial charge is 0.139 e. The van der Waals surface area contributed by atoms with E-state index in [4.69, 9.17) is 21.1 Å². The first-order valence-electron chi connectivity index (χ1n) is 6.00. The fourth-order valence-corrected chi connectivity index (χ4v) is 2.21. The Hall–Kier alpha value is -1.23. The lowest BCUT2D eigenvalue weighted by Gasteiger charge is -2.14. The van der Waals surface area contributed by atoms with Crippen LogP contribution in [-0.2, 0) is 0 Å². The Kier molecular flexibility index (Phi) is 5.29. The van der Waals surface area contributed by atoms with Gasteiger partial charge < -0.3 is 14.6 Å². The fraction of sp³-hybridized carbons (Fsp3) is 0.200. The summed E-state index contributed by atoms with van der Waals surface area (Å²) in [6.45, 7) is 0.114. The van der Waals surface area contributed by atoms with Gasteiger partial charge in [0, 0.05) is 4.47 Å². The van der Waals surface area contributed by atoms with Crippen LogP contribution in [0.3, 0.4) is 0 Å². The second-order valence-electron chi connectivity index (χ2n) is 4.18. The molecule has 0 amide bonds. The van der Waals surface area contributed by atoms with Gasteiger partial charge in [0.15, 0.2) is 0 Å². The maximum absolute atomic E-state index is 10.1. The SMILES string of the molecule is COc1cccc(C(O)COc2cc(Br)ccc2Cl)c1. The molecule has 0 aromatic heterocycles. The van der Waals surface area contributed by atoms with Crippen molar-refractivity contribution in [2.45, 2.75) is 6.10 Å². The maximum Gasteiger partial charge on any atom is 0.139 e. The minimum absolute atomic E-state index is 0.114. The van der Waals surface area contributed by atoms with Gasteiger partial charge in [-0.3, -0.25) is 0 Å². The fourth-order valence-electron chi connectivity index (χ4n) is 1.70. The number of aliphatic hydroxyl groups excluding tert-OH is 1. The lowest BCUT2D eigenvalue weighted by Crippen LogP contribution is -2.10. The predicted octanol–water partition coefficient (Wildman–Crippen LogP) is 4.22. The van der Waals surface area contributed by atoms with Crippen LogP contribution in [-0.4, -0.2) is 18.8 Å². The number of hydrogen-bond donors (Lipinski definition) is 1. The third-order valence-electron chi connectivity index (χ3n) is 2.77. The highest BCUT2D eigenvalue weighted by Gasteiger charge is 2.11. The van der Waals surface area contributed by atoms with E-state index in [0.29, 0.717) is 16.5 Å². The molecule has 2 rings (SSSR count). The quantitative estimate of drug-likeness (QED) is 0.870. The van der Waals surface area contributed by atoms with Gasteiger partial charge in [0.05, 0.1) is 12.1 Å². The maximum atomic E-state index is 10.1. The summed E-state index contributed by atoms with van der Waals surface area (Å²) in [4.78, 5) is 0. The summed E-state index contributed by atoms with van der Waals surface area (Å²) in [5.41, 5.74) is 0.732. The molecule has 2 aromatic carbocycles. The molecule has 106 valence electrons. The van der Waals surface area contributed by atoms with E-state index in [1.807, 2.05) is 24.3 Å². The molecule has 0 spiro atoms. The molecule has 0 fully saturated rings. The number of hydrogen-bond acceptors (Lipinski definition) is 3. The summed E-state index contributed by atoms with van der Waals surface area (Å²) < 4.78 is 11.5. The summed E-state index contributed by atoms with van der Waals surface area (Å²) >= 11 is 9.38. The number of rotatable bonds is 5. The molecular formula is C15H14BrClO3. The molecule has 0 aliphatic rings. The molecule has 5 heteroatoms. The van der Waals surface area contributed by atoms with Crippen molar-refractivity contribution in [1.29, 1.82) is 0 Å². The van der Waals surface area contributed by atoms with Gasteiger partial charge in [0.2, 0.25) is 0 Å². The summed E-state index contributed by atoms with van der Waals surface area (Å²) in [5.74, 6) is 1.23. The van der Waals surface area contributed by atoms with Crippen LogP contribution in [0.5, 0.6) is 11.5 Å². The molecule has 20 heavy (non-hydrogen) atoms. The van der Waals surface area contributed by atoms with Gasteiger partial charge in [-0.15, -0.1) is 0 Å². The molecule has 1 N–H and O–H groups in total. The monoisotopic (exact) mass is 356 g/mol. The first-order valence-corrected chi connectivity index (χ1v) is 7.17.